The average Bonchev–Trinajstić information content (AvgIpc) is 3.13. The maximum atomic E-state index is 12.1. The van der Waals surface area contributed by atoms with E-state index in [0.717, 1.165) is 38.3 Å². The lowest BCUT2D eigenvalue weighted by Gasteiger charge is -2.22. The van der Waals surface area contributed by atoms with E-state index in [2.05, 4.69) is 52.3 Å². The first-order valence-corrected chi connectivity index (χ1v) is 10.9. The van der Waals surface area contributed by atoms with Crippen molar-refractivity contribution in [2.75, 3.05) is 19.6 Å². The fourth-order valence-electron chi connectivity index (χ4n) is 3.27. The van der Waals surface area contributed by atoms with Crippen LogP contribution in [0.4, 0.5) is 0 Å². The Kier molecular flexibility index (Phi) is 9.53. The van der Waals surface area contributed by atoms with Crippen LogP contribution in [0.15, 0.2) is 22.5 Å². The molecule has 1 aliphatic rings. The van der Waals surface area contributed by atoms with Crippen molar-refractivity contribution in [3.63, 3.8) is 0 Å². The minimum Gasteiger partial charge on any atom is -0.357 e. The standard InChI is InChI=1S/C20H34N4OS/c1-3-21-20(23-15-16(2)14-18-10-7-13-26-18)22-12-11-19(25)24-17-8-5-4-6-9-17/h7,10,13,16-17H,3-6,8-9,11-12,14-15H2,1-2H3,(H,24,25)(H2,21,22,23). The highest BCUT2D eigenvalue weighted by molar-refractivity contribution is 7.09. The second-order valence-electron chi connectivity index (χ2n) is 7.19. The van der Waals surface area contributed by atoms with E-state index >= 15 is 0 Å². The van der Waals surface area contributed by atoms with Gasteiger partial charge in [-0.05, 0) is 43.6 Å². The van der Waals surface area contributed by atoms with Crippen LogP contribution >= 0.6 is 11.3 Å². The van der Waals surface area contributed by atoms with Crippen molar-refractivity contribution in [3.8, 4) is 0 Å². The smallest absolute Gasteiger partial charge is 0.221 e. The summed E-state index contributed by atoms with van der Waals surface area (Å²) < 4.78 is 0. The molecule has 0 radical (unpaired) electrons. The molecule has 3 N–H and O–H groups in total. The van der Waals surface area contributed by atoms with Gasteiger partial charge in [0.05, 0.1) is 0 Å². The first-order chi connectivity index (χ1) is 12.7. The van der Waals surface area contributed by atoms with Crippen molar-refractivity contribution < 1.29 is 4.79 Å². The fraction of sp³-hybridized carbons (Fsp3) is 0.700. The van der Waals surface area contributed by atoms with E-state index in [9.17, 15) is 4.79 Å². The number of guanidine groups is 1. The Morgan fingerprint density at radius 2 is 2.12 bits per heavy atom. The average molecular weight is 379 g/mol. The Labute approximate surface area is 162 Å². The van der Waals surface area contributed by atoms with Crippen LogP contribution < -0.4 is 16.0 Å². The second kappa shape index (κ2) is 11.9. The number of carbonyl (C=O) groups excluding carboxylic acids is 1. The van der Waals surface area contributed by atoms with Gasteiger partial charge in [-0.25, -0.2) is 0 Å². The van der Waals surface area contributed by atoms with Gasteiger partial charge >= 0.3 is 0 Å². The van der Waals surface area contributed by atoms with Gasteiger partial charge in [-0.1, -0.05) is 32.3 Å². The predicted molar refractivity (Wildman–Crippen MR) is 111 cm³/mol. The molecular formula is C20H34N4OS. The van der Waals surface area contributed by atoms with Crippen LogP contribution in [0.5, 0.6) is 0 Å². The Morgan fingerprint density at radius 3 is 2.81 bits per heavy atom. The highest BCUT2D eigenvalue weighted by Crippen LogP contribution is 2.17. The third-order valence-electron chi connectivity index (χ3n) is 4.65. The molecule has 1 amide bonds. The lowest BCUT2D eigenvalue weighted by molar-refractivity contribution is -0.121. The molecule has 0 spiro atoms. The van der Waals surface area contributed by atoms with Crippen molar-refractivity contribution >= 4 is 23.2 Å². The zero-order valence-corrected chi connectivity index (χ0v) is 17.0. The Hall–Kier alpha value is -1.56. The van der Waals surface area contributed by atoms with Gasteiger partial charge in [-0.2, -0.15) is 0 Å². The lowest BCUT2D eigenvalue weighted by Crippen LogP contribution is -2.41. The van der Waals surface area contributed by atoms with Gasteiger partial charge in [-0.3, -0.25) is 9.79 Å². The van der Waals surface area contributed by atoms with Crippen molar-refractivity contribution in [1.29, 1.82) is 0 Å². The topological polar surface area (TPSA) is 65.5 Å². The molecule has 1 heterocycles. The van der Waals surface area contributed by atoms with Crippen molar-refractivity contribution in [2.24, 2.45) is 10.9 Å². The summed E-state index contributed by atoms with van der Waals surface area (Å²) in [7, 11) is 0. The number of rotatable bonds is 9. The fourth-order valence-corrected chi connectivity index (χ4v) is 4.14. The van der Waals surface area contributed by atoms with Gasteiger partial charge in [0.25, 0.3) is 0 Å². The summed E-state index contributed by atoms with van der Waals surface area (Å²) in [5, 5.41) is 11.8. The first kappa shape index (κ1) is 20.7. The number of hydrogen-bond acceptors (Lipinski definition) is 3. The molecular weight excluding hydrogens is 344 g/mol. The molecule has 0 aromatic carbocycles. The van der Waals surface area contributed by atoms with Gasteiger partial charge in [0.1, 0.15) is 0 Å². The van der Waals surface area contributed by atoms with E-state index in [1.54, 1.807) is 11.3 Å². The molecule has 26 heavy (non-hydrogen) atoms. The molecule has 1 atom stereocenters. The molecule has 1 aliphatic carbocycles. The highest BCUT2D eigenvalue weighted by atomic mass is 32.1. The molecule has 0 saturated heterocycles. The number of carbonyl (C=O) groups is 1. The largest absolute Gasteiger partial charge is 0.357 e. The van der Waals surface area contributed by atoms with Crippen molar-refractivity contribution in [1.82, 2.24) is 16.0 Å². The maximum absolute atomic E-state index is 12.1. The zero-order chi connectivity index (χ0) is 18.6. The zero-order valence-electron chi connectivity index (χ0n) is 16.2. The summed E-state index contributed by atoms with van der Waals surface area (Å²) in [6, 6.07) is 4.66. The molecule has 2 rings (SSSR count). The molecule has 0 aliphatic heterocycles. The summed E-state index contributed by atoms with van der Waals surface area (Å²) in [6.45, 7) is 6.50. The van der Waals surface area contributed by atoms with E-state index in [0.29, 0.717) is 24.9 Å². The SMILES string of the molecule is CCNC(=NCC(C)Cc1cccs1)NCCC(=O)NC1CCCCC1. The van der Waals surface area contributed by atoms with Crippen molar-refractivity contribution in [2.45, 2.75) is 64.8 Å². The van der Waals surface area contributed by atoms with E-state index < -0.39 is 0 Å². The summed E-state index contributed by atoms with van der Waals surface area (Å²) in [5.41, 5.74) is 0. The van der Waals surface area contributed by atoms with E-state index in [1.807, 2.05) is 0 Å². The molecule has 0 bridgehead atoms. The summed E-state index contributed by atoms with van der Waals surface area (Å²) in [4.78, 5) is 18.2. The summed E-state index contributed by atoms with van der Waals surface area (Å²) >= 11 is 1.80. The molecule has 6 heteroatoms. The number of nitrogens with zero attached hydrogens (tertiary/aromatic N) is 1. The van der Waals surface area contributed by atoms with Gasteiger partial charge < -0.3 is 16.0 Å². The van der Waals surface area contributed by atoms with E-state index in [-0.39, 0.29) is 5.91 Å². The highest BCUT2D eigenvalue weighted by Gasteiger charge is 2.15. The molecule has 146 valence electrons. The van der Waals surface area contributed by atoms with E-state index in [4.69, 9.17) is 0 Å². The summed E-state index contributed by atoms with van der Waals surface area (Å²) in [5.74, 6) is 1.45. The monoisotopic (exact) mass is 378 g/mol. The van der Waals surface area contributed by atoms with Crippen LogP contribution in [0.1, 0.15) is 57.2 Å². The van der Waals surface area contributed by atoms with Crippen molar-refractivity contribution in [3.05, 3.63) is 22.4 Å². The third-order valence-corrected chi connectivity index (χ3v) is 5.55. The van der Waals surface area contributed by atoms with Crippen LogP contribution in [0.25, 0.3) is 0 Å². The normalized spacial score (nSPS) is 16.9. The molecule has 5 nitrogen and oxygen atoms in total. The van der Waals surface area contributed by atoms with Gasteiger partial charge in [-0.15, -0.1) is 11.3 Å². The lowest BCUT2D eigenvalue weighted by atomic mass is 9.95. The molecule has 1 aromatic rings. The predicted octanol–water partition coefficient (Wildman–Crippen LogP) is 3.32. The Morgan fingerprint density at radius 1 is 1.31 bits per heavy atom. The molecule has 1 aromatic heterocycles. The van der Waals surface area contributed by atoms with Crippen LogP contribution in [-0.2, 0) is 11.2 Å². The van der Waals surface area contributed by atoms with E-state index in [1.165, 1.54) is 24.1 Å². The Bertz CT molecular complexity index is 538. The number of amides is 1. The molecule has 1 saturated carbocycles. The first-order valence-electron chi connectivity index (χ1n) is 10.0. The quantitative estimate of drug-likeness (QED) is 0.456. The number of hydrogen-bond donors (Lipinski definition) is 3. The number of aliphatic imine (C=N–C) groups is 1. The number of thiophene rings is 1. The van der Waals surface area contributed by atoms with Crippen LogP contribution in [-0.4, -0.2) is 37.5 Å². The summed E-state index contributed by atoms with van der Waals surface area (Å²) in [6.07, 6.45) is 7.60. The van der Waals surface area contributed by atoms with Crippen LogP contribution in [0.3, 0.4) is 0 Å². The minimum atomic E-state index is 0.145. The Balaban J connectivity index is 1.68. The van der Waals surface area contributed by atoms with Crippen LogP contribution in [0, 0.1) is 5.92 Å². The molecule has 1 unspecified atom stereocenters. The van der Waals surface area contributed by atoms with Crippen LogP contribution in [0.2, 0.25) is 0 Å². The maximum Gasteiger partial charge on any atom is 0.221 e. The third kappa shape index (κ3) is 8.21. The minimum absolute atomic E-state index is 0.145. The van der Waals surface area contributed by atoms with Gasteiger partial charge in [0.2, 0.25) is 5.91 Å². The van der Waals surface area contributed by atoms with Gasteiger partial charge in [0, 0.05) is 37.0 Å². The number of nitrogens with one attached hydrogen (secondary N) is 3. The van der Waals surface area contributed by atoms with Gasteiger partial charge in [0.15, 0.2) is 5.96 Å². The molecule has 1 fully saturated rings. The second-order valence-corrected chi connectivity index (χ2v) is 8.22.